The van der Waals surface area contributed by atoms with Crippen molar-refractivity contribution in [3.05, 3.63) is 41.7 Å². The van der Waals surface area contributed by atoms with Crippen LogP contribution in [0.25, 0.3) is 16.9 Å². The van der Waals surface area contributed by atoms with Gasteiger partial charge in [-0.05, 0) is 31.4 Å². The Labute approximate surface area is 198 Å². The van der Waals surface area contributed by atoms with Crippen LogP contribution >= 0.6 is 11.6 Å². The highest BCUT2D eigenvalue weighted by Gasteiger charge is 2.40. The molecular formula is C23H27ClN4O4S. The van der Waals surface area contributed by atoms with Gasteiger partial charge in [-0.1, -0.05) is 11.6 Å². The second-order valence-corrected chi connectivity index (χ2v) is 11.1. The highest BCUT2D eigenvalue weighted by molar-refractivity contribution is 7.90. The molecule has 8 nitrogen and oxygen atoms in total. The van der Waals surface area contributed by atoms with E-state index in [4.69, 9.17) is 26.1 Å². The molecule has 33 heavy (non-hydrogen) atoms. The van der Waals surface area contributed by atoms with E-state index in [1.807, 2.05) is 28.9 Å². The Morgan fingerprint density at radius 1 is 1.03 bits per heavy atom. The lowest BCUT2D eigenvalue weighted by Crippen LogP contribution is -2.37. The van der Waals surface area contributed by atoms with Crippen molar-refractivity contribution in [1.29, 1.82) is 0 Å². The number of methoxy groups -OCH3 is 2. The number of nitrogens with zero attached hydrogens (tertiary/aromatic N) is 4. The molecule has 1 aliphatic carbocycles. The van der Waals surface area contributed by atoms with E-state index in [9.17, 15) is 8.42 Å². The predicted molar refractivity (Wildman–Crippen MR) is 129 cm³/mol. The fourth-order valence-electron chi connectivity index (χ4n) is 4.34. The Kier molecular flexibility index (Phi) is 5.88. The second kappa shape index (κ2) is 8.70. The molecule has 1 saturated heterocycles. The summed E-state index contributed by atoms with van der Waals surface area (Å²) in [5.41, 5.74) is 3.35. The van der Waals surface area contributed by atoms with Crippen LogP contribution in [0.5, 0.6) is 11.5 Å². The Balaban J connectivity index is 1.41. The molecule has 3 heterocycles. The number of pyridine rings is 1. The fourth-order valence-corrected chi connectivity index (χ4v) is 6.45. The molecule has 1 aliphatic heterocycles. The lowest BCUT2D eigenvalue weighted by molar-refractivity contribution is 0.395. The van der Waals surface area contributed by atoms with E-state index >= 15 is 0 Å². The van der Waals surface area contributed by atoms with Crippen molar-refractivity contribution in [2.45, 2.75) is 24.5 Å². The largest absolute Gasteiger partial charge is 0.496 e. The summed E-state index contributed by atoms with van der Waals surface area (Å²) in [6, 6.07) is 7.63. The zero-order valence-electron chi connectivity index (χ0n) is 18.7. The number of hydrogen-bond donors (Lipinski definition) is 0. The van der Waals surface area contributed by atoms with Crippen LogP contribution in [-0.4, -0.2) is 67.8 Å². The van der Waals surface area contributed by atoms with Crippen LogP contribution in [0.2, 0.25) is 5.02 Å². The van der Waals surface area contributed by atoms with Gasteiger partial charge in [0.25, 0.3) is 0 Å². The molecule has 5 rings (SSSR count). The first kappa shape index (κ1) is 22.3. The Bertz CT molecular complexity index is 1290. The summed E-state index contributed by atoms with van der Waals surface area (Å²) < 4.78 is 39.7. The third-order valence-electron chi connectivity index (χ3n) is 6.32. The summed E-state index contributed by atoms with van der Waals surface area (Å²) in [6.07, 6.45) is 6.31. The van der Waals surface area contributed by atoms with E-state index in [2.05, 4.69) is 4.90 Å². The molecule has 1 aromatic carbocycles. The van der Waals surface area contributed by atoms with Crippen LogP contribution in [0.1, 0.15) is 19.3 Å². The third-order valence-corrected chi connectivity index (χ3v) is 9.01. The maximum atomic E-state index is 12.6. The molecule has 2 aliphatic rings. The van der Waals surface area contributed by atoms with Gasteiger partial charge in [0.2, 0.25) is 10.0 Å². The normalized spacial score (nSPS) is 17.8. The number of benzene rings is 1. The lowest BCUT2D eigenvalue weighted by atomic mass is 10.1. The summed E-state index contributed by atoms with van der Waals surface area (Å²) in [4.78, 5) is 7.04. The standard InChI is InChI=1S/C23H27ClN4O4S/c1-31-21-14-22(32-2)19(24)13-18(21)20-15-27-9-6-16(12-23(27)25-20)26-7-3-8-28(11-10-26)33(29,30)17-4-5-17/h6,9,12-15,17H,3-5,7-8,10-11H2,1-2H3. The Hall–Kier alpha value is -2.49. The van der Waals surface area contributed by atoms with Gasteiger partial charge in [-0.2, -0.15) is 4.31 Å². The molecule has 3 aromatic rings. The number of halogens is 1. The number of rotatable bonds is 6. The monoisotopic (exact) mass is 490 g/mol. The van der Waals surface area contributed by atoms with Crippen molar-refractivity contribution in [3.63, 3.8) is 0 Å². The summed E-state index contributed by atoms with van der Waals surface area (Å²) in [6.45, 7) is 2.58. The summed E-state index contributed by atoms with van der Waals surface area (Å²) in [5.74, 6) is 1.17. The lowest BCUT2D eigenvalue weighted by Gasteiger charge is -2.23. The maximum Gasteiger partial charge on any atom is 0.217 e. The number of fused-ring (bicyclic) bond motifs is 1. The van der Waals surface area contributed by atoms with Crippen LogP contribution < -0.4 is 14.4 Å². The number of hydrogen-bond acceptors (Lipinski definition) is 6. The minimum Gasteiger partial charge on any atom is -0.496 e. The van der Waals surface area contributed by atoms with E-state index in [0.717, 1.165) is 48.4 Å². The van der Waals surface area contributed by atoms with Gasteiger partial charge >= 0.3 is 0 Å². The van der Waals surface area contributed by atoms with Gasteiger partial charge in [0.15, 0.2) is 0 Å². The Morgan fingerprint density at radius 2 is 1.82 bits per heavy atom. The summed E-state index contributed by atoms with van der Waals surface area (Å²) in [7, 11) is 0.0326. The average molecular weight is 491 g/mol. The average Bonchev–Trinajstić information content (AvgIpc) is 3.62. The summed E-state index contributed by atoms with van der Waals surface area (Å²) >= 11 is 6.35. The number of anilines is 1. The minimum absolute atomic E-state index is 0.160. The van der Waals surface area contributed by atoms with Gasteiger partial charge in [0.1, 0.15) is 17.1 Å². The first-order chi connectivity index (χ1) is 15.9. The molecule has 0 spiro atoms. The topological polar surface area (TPSA) is 76.4 Å². The summed E-state index contributed by atoms with van der Waals surface area (Å²) in [5, 5.41) is 0.327. The molecule has 1 saturated carbocycles. The van der Waals surface area contributed by atoms with Crippen molar-refractivity contribution in [3.8, 4) is 22.8 Å². The van der Waals surface area contributed by atoms with Gasteiger partial charge in [-0.3, -0.25) is 0 Å². The highest BCUT2D eigenvalue weighted by atomic mass is 35.5. The highest BCUT2D eigenvalue weighted by Crippen LogP contribution is 2.38. The first-order valence-corrected chi connectivity index (χ1v) is 12.9. The first-order valence-electron chi connectivity index (χ1n) is 11.1. The smallest absolute Gasteiger partial charge is 0.217 e. The molecule has 0 unspecified atom stereocenters. The van der Waals surface area contributed by atoms with Gasteiger partial charge in [-0.25, -0.2) is 13.4 Å². The molecule has 10 heteroatoms. The number of aromatic nitrogens is 2. The molecule has 0 radical (unpaired) electrons. The zero-order valence-corrected chi connectivity index (χ0v) is 20.3. The van der Waals surface area contributed by atoms with Gasteiger partial charge < -0.3 is 18.8 Å². The van der Waals surface area contributed by atoms with E-state index < -0.39 is 10.0 Å². The van der Waals surface area contributed by atoms with Crippen molar-refractivity contribution in [2.24, 2.45) is 0 Å². The van der Waals surface area contributed by atoms with Gasteiger partial charge in [-0.15, -0.1) is 0 Å². The fraction of sp³-hybridized carbons (Fsp3) is 0.435. The molecular weight excluding hydrogens is 464 g/mol. The van der Waals surface area contributed by atoms with E-state index in [1.165, 1.54) is 0 Å². The van der Waals surface area contributed by atoms with Crippen LogP contribution in [0.3, 0.4) is 0 Å². The minimum atomic E-state index is -3.14. The molecule has 0 bridgehead atoms. The van der Waals surface area contributed by atoms with Crippen LogP contribution in [0, 0.1) is 0 Å². The molecule has 2 aromatic heterocycles. The number of ether oxygens (including phenoxy) is 2. The quantitative estimate of drug-likeness (QED) is 0.524. The Morgan fingerprint density at radius 3 is 2.55 bits per heavy atom. The van der Waals surface area contributed by atoms with Crippen LogP contribution in [-0.2, 0) is 10.0 Å². The predicted octanol–water partition coefficient (Wildman–Crippen LogP) is 3.68. The molecule has 0 amide bonds. The van der Waals surface area contributed by atoms with E-state index in [0.29, 0.717) is 36.2 Å². The van der Waals surface area contributed by atoms with E-state index in [1.54, 1.807) is 30.7 Å². The maximum absolute atomic E-state index is 12.6. The third kappa shape index (κ3) is 4.25. The van der Waals surface area contributed by atoms with Crippen molar-refractivity contribution < 1.29 is 17.9 Å². The SMILES string of the molecule is COc1cc(OC)c(-c2cn3ccc(N4CCCN(S(=O)(=O)C5CC5)CC4)cc3n2)cc1Cl. The van der Waals surface area contributed by atoms with Crippen LogP contribution in [0.15, 0.2) is 36.7 Å². The van der Waals surface area contributed by atoms with Gasteiger partial charge in [0.05, 0.1) is 30.2 Å². The van der Waals surface area contributed by atoms with Crippen molar-refractivity contribution in [2.75, 3.05) is 45.3 Å². The van der Waals surface area contributed by atoms with Crippen molar-refractivity contribution in [1.82, 2.24) is 13.7 Å². The van der Waals surface area contributed by atoms with E-state index in [-0.39, 0.29) is 5.25 Å². The molecule has 0 atom stereocenters. The van der Waals surface area contributed by atoms with Crippen molar-refractivity contribution >= 4 is 33.0 Å². The molecule has 176 valence electrons. The van der Waals surface area contributed by atoms with Crippen LogP contribution in [0.4, 0.5) is 5.69 Å². The zero-order chi connectivity index (χ0) is 23.2. The molecule has 2 fully saturated rings. The number of imidazole rings is 1. The van der Waals surface area contributed by atoms with Gasteiger partial charge in [0, 0.05) is 62.0 Å². The molecule has 0 N–H and O–H groups in total. The second-order valence-electron chi connectivity index (χ2n) is 8.45. The number of sulfonamides is 1.